The van der Waals surface area contributed by atoms with E-state index < -0.39 is 0 Å². The Morgan fingerprint density at radius 3 is 2.47 bits per heavy atom. The maximum absolute atomic E-state index is 6.58. The molecule has 0 spiro atoms. The number of furan rings is 1. The van der Waals surface area contributed by atoms with E-state index in [4.69, 9.17) is 13.9 Å². The average Bonchev–Trinajstić information content (AvgIpc) is 3.77. The molecule has 0 aliphatic carbocycles. The molecule has 0 fully saturated rings. The Balaban J connectivity index is 1.53. The van der Waals surface area contributed by atoms with Crippen LogP contribution in [-0.2, 0) is 0 Å². The van der Waals surface area contributed by atoms with Gasteiger partial charge in [0.05, 0.1) is 16.8 Å². The molecule has 0 saturated heterocycles. The first-order valence-electron chi connectivity index (χ1n) is 11.9. The summed E-state index contributed by atoms with van der Waals surface area (Å²) in [5.41, 5.74) is 7.82. The largest absolute Gasteiger partial charge is 0.454 e. The summed E-state index contributed by atoms with van der Waals surface area (Å²) in [6.45, 7) is 0. The lowest BCUT2D eigenvalue weighted by atomic mass is 9.92. The summed E-state index contributed by atoms with van der Waals surface area (Å²) in [5.74, 6) is 0.615. The van der Waals surface area contributed by atoms with Crippen LogP contribution in [0, 0.1) is 0 Å². The topological polar surface area (TPSA) is 107 Å². The minimum atomic E-state index is 0.615. The normalized spacial score (nSPS) is 11.7. The Labute approximate surface area is 218 Å². The van der Waals surface area contributed by atoms with Gasteiger partial charge in [0.2, 0.25) is 0 Å². The third kappa shape index (κ3) is 3.06. The van der Waals surface area contributed by atoms with Crippen LogP contribution >= 0.6 is 11.5 Å². The van der Waals surface area contributed by atoms with Gasteiger partial charge in [-0.25, -0.2) is 0 Å². The van der Waals surface area contributed by atoms with E-state index in [-0.39, 0.29) is 0 Å². The molecule has 0 radical (unpaired) electrons. The van der Waals surface area contributed by atoms with Gasteiger partial charge < -0.3 is 8.94 Å². The van der Waals surface area contributed by atoms with Gasteiger partial charge in [0, 0.05) is 38.9 Å². The van der Waals surface area contributed by atoms with Crippen LogP contribution in [0.25, 0.3) is 78.1 Å². The zero-order valence-electron chi connectivity index (χ0n) is 19.6. The van der Waals surface area contributed by atoms with Crippen LogP contribution in [-0.4, -0.2) is 29.9 Å². The van der Waals surface area contributed by atoms with Crippen LogP contribution in [0.2, 0.25) is 0 Å². The number of rotatable bonds is 4. The number of hydrogen-bond acceptors (Lipinski definition) is 8. The van der Waals surface area contributed by atoms with Gasteiger partial charge in [-0.3, -0.25) is 10.1 Å². The van der Waals surface area contributed by atoms with Crippen LogP contribution in [0.3, 0.4) is 0 Å². The first kappa shape index (κ1) is 21.0. The molecular weight excluding hydrogens is 496 g/mol. The van der Waals surface area contributed by atoms with Crippen LogP contribution in [0.5, 0.6) is 0 Å². The van der Waals surface area contributed by atoms with E-state index in [0.717, 1.165) is 55.3 Å². The molecule has 0 aliphatic rings. The second-order valence-electron chi connectivity index (χ2n) is 8.82. The number of hydrogen-bond donors (Lipinski definition) is 1. The third-order valence-corrected chi connectivity index (χ3v) is 7.22. The van der Waals surface area contributed by atoms with Crippen molar-refractivity contribution in [2.24, 2.45) is 0 Å². The summed E-state index contributed by atoms with van der Waals surface area (Å²) in [4.78, 5) is 4.74. The number of nitrogens with zero attached hydrogens (tertiary/aromatic N) is 5. The lowest BCUT2D eigenvalue weighted by Crippen LogP contribution is -1.91. The van der Waals surface area contributed by atoms with Crippen molar-refractivity contribution in [1.82, 2.24) is 29.9 Å². The number of para-hydroxylation sites is 2. The third-order valence-electron chi connectivity index (χ3n) is 6.71. The second-order valence-corrected chi connectivity index (χ2v) is 9.43. The Kier molecular flexibility index (Phi) is 4.52. The molecule has 3 aromatic carbocycles. The number of nitrogens with one attached hydrogen (secondary N) is 1. The monoisotopic (exact) mass is 512 g/mol. The quantitative estimate of drug-likeness (QED) is 0.262. The summed E-state index contributed by atoms with van der Waals surface area (Å²) in [6, 6.07) is 25.6. The highest BCUT2D eigenvalue weighted by Gasteiger charge is 2.28. The fourth-order valence-corrected chi connectivity index (χ4v) is 5.51. The Hall–Kier alpha value is -5.15. The molecule has 8 rings (SSSR count). The van der Waals surface area contributed by atoms with Gasteiger partial charge in [-0.15, -0.1) is 5.10 Å². The summed E-state index contributed by atoms with van der Waals surface area (Å²) >= 11 is 1.29. The molecule has 1 N–H and O–H groups in total. The Bertz CT molecular complexity index is 2090. The lowest BCUT2D eigenvalue weighted by Gasteiger charge is -2.10. The zero-order chi connectivity index (χ0) is 25.1. The number of fused-ring (bicyclic) bond motifs is 3. The number of pyridine rings is 1. The summed E-state index contributed by atoms with van der Waals surface area (Å²) < 4.78 is 16.4. The highest BCUT2D eigenvalue weighted by atomic mass is 32.1. The number of aromatic nitrogens is 6. The Morgan fingerprint density at radius 1 is 0.737 bits per heavy atom. The molecule has 0 aliphatic heterocycles. The van der Waals surface area contributed by atoms with Crippen molar-refractivity contribution in [2.75, 3.05) is 0 Å². The molecule has 180 valence electrons. The highest BCUT2D eigenvalue weighted by Crippen LogP contribution is 2.48. The lowest BCUT2D eigenvalue weighted by molar-refractivity contribution is 0.459. The predicted octanol–water partition coefficient (Wildman–Crippen LogP) is 7.36. The van der Waals surface area contributed by atoms with E-state index in [2.05, 4.69) is 24.9 Å². The van der Waals surface area contributed by atoms with E-state index in [9.17, 15) is 0 Å². The molecule has 0 bridgehead atoms. The second kappa shape index (κ2) is 8.19. The van der Waals surface area contributed by atoms with Crippen LogP contribution < -0.4 is 0 Å². The molecule has 0 saturated carbocycles. The van der Waals surface area contributed by atoms with Gasteiger partial charge in [0.15, 0.2) is 11.3 Å². The van der Waals surface area contributed by atoms with Crippen molar-refractivity contribution in [2.45, 2.75) is 0 Å². The van der Waals surface area contributed by atoms with Crippen molar-refractivity contribution < 1.29 is 8.94 Å². The molecular formula is C29H16N6O2S. The first-order valence-corrected chi connectivity index (χ1v) is 12.8. The molecule has 0 amide bonds. The van der Waals surface area contributed by atoms with Crippen molar-refractivity contribution in [1.29, 1.82) is 0 Å². The van der Waals surface area contributed by atoms with Crippen LogP contribution in [0.4, 0.5) is 0 Å². The molecule has 5 heterocycles. The van der Waals surface area contributed by atoms with Gasteiger partial charge in [-0.05, 0) is 54.0 Å². The maximum Gasteiger partial charge on any atom is 0.167 e. The van der Waals surface area contributed by atoms with E-state index in [1.165, 1.54) is 11.5 Å². The van der Waals surface area contributed by atoms with Gasteiger partial charge in [-0.2, -0.15) is 5.10 Å². The SMILES string of the molecule is c1ccc(-c2c(-c3noc4ccccc34)ccc3oc(-c4n[nH]c5ccccc45)c(-c4csnn4)c23)nc1. The minimum absolute atomic E-state index is 0.615. The van der Waals surface area contributed by atoms with Crippen molar-refractivity contribution >= 4 is 44.4 Å². The number of H-pyrrole nitrogens is 1. The molecule has 0 atom stereocenters. The van der Waals surface area contributed by atoms with Gasteiger partial charge in [0.25, 0.3) is 0 Å². The molecule has 0 unspecified atom stereocenters. The van der Waals surface area contributed by atoms with Crippen LogP contribution in [0.15, 0.2) is 99.4 Å². The highest BCUT2D eigenvalue weighted by molar-refractivity contribution is 7.03. The van der Waals surface area contributed by atoms with Gasteiger partial charge >= 0.3 is 0 Å². The van der Waals surface area contributed by atoms with E-state index >= 15 is 0 Å². The van der Waals surface area contributed by atoms with Gasteiger partial charge in [-0.1, -0.05) is 46.0 Å². The molecule has 38 heavy (non-hydrogen) atoms. The maximum atomic E-state index is 6.58. The average molecular weight is 513 g/mol. The Morgan fingerprint density at radius 2 is 1.61 bits per heavy atom. The van der Waals surface area contributed by atoms with E-state index in [0.29, 0.717) is 22.7 Å². The smallest absolute Gasteiger partial charge is 0.167 e. The minimum Gasteiger partial charge on any atom is -0.454 e. The van der Waals surface area contributed by atoms with Crippen molar-refractivity contribution in [3.05, 3.63) is 90.4 Å². The first-order chi connectivity index (χ1) is 18.9. The number of aromatic amines is 1. The predicted molar refractivity (Wildman–Crippen MR) is 146 cm³/mol. The molecule has 9 heteroatoms. The summed E-state index contributed by atoms with van der Waals surface area (Å²) in [6.07, 6.45) is 1.78. The fourth-order valence-electron chi connectivity index (χ4n) is 5.07. The zero-order valence-corrected chi connectivity index (χ0v) is 20.4. The fraction of sp³-hybridized carbons (Fsp3) is 0. The van der Waals surface area contributed by atoms with Crippen molar-refractivity contribution in [3.8, 4) is 45.2 Å². The van der Waals surface area contributed by atoms with Crippen molar-refractivity contribution in [3.63, 3.8) is 0 Å². The molecule has 5 aromatic heterocycles. The summed E-state index contributed by atoms with van der Waals surface area (Å²) in [5, 5.41) is 21.4. The summed E-state index contributed by atoms with van der Waals surface area (Å²) in [7, 11) is 0. The van der Waals surface area contributed by atoms with Crippen LogP contribution in [0.1, 0.15) is 0 Å². The van der Waals surface area contributed by atoms with Gasteiger partial charge in [0.1, 0.15) is 22.7 Å². The number of benzene rings is 3. The molecule has 8 aromatic rings. The van der Waals surface area contributed by atoms with E-state index in [1.54, 1.807) is 6.20 Å². The van der Waals surface area contributed by atoms with E-state index in [1.807, 2.05) is 84.2 Å². The molecule has 8 nitrogen and oxygen atoms in total. The standard InChI is InChI=1S/C29H16N6O2S/c1-3-9-19-16(7-1)28(33-31-19)29-25(21-15-38-35-32-21)26-23(36-29)13-12-18(24(26)20-10-5-6-14-30-20)27-17-8-2-4-11-22(17)37-34-27/h1-15H,(H,31,33).